The first-order valence-electron chi connectivity index (χ1n) is 8.01. The Kier molecular flexibility index (Phi) is 10.7. The summed E-state index contributed by atoms with van der Waals surface area (Å²) in [6, 6.07) is 0. The first-order valence-corrected chi connectivity index (χ1v) is 8.01. The maximum atomic E-state index is 4.84. The molecule has 0 aliphatic carbocycles. The van der Waals surface area contributed by atoms with Crippen LogP contribution in [-0.4, -0.2) is 43.1 Å². The van der Waals surface area contributed by atoms with E-state index >= 15 is 0 Å². The summed E-state index contributed by atoms with van der Waals surface area (Å²) >= 11 is 0. The number of nitrogens with one attached hydrogen (secondary N) is 3. The summed E-state index contributed by atoms with van der Waals surface area (Å²) in [4.78, 5) is 4.84. The normalized spacial score (nSPS) is 20.5. The molecule has 1 saturated heterocycles. The van der Waals surface area contributed by atoms with E-state index in [4.69, 9.17) is 4.99 Å². The van der Waals surface area contributed by atoms with Crippen LogP contribution in [0.5, 0.6) is 0 Å². The quantitative estimate of drug-likeness (QED) is 0.680. The molecule has 1 fully saturated rings. The van der Waals surface area contributed by atoms with Crippen LogP contribution in [-0.2, 0) is 0 Å². The predicted molar refractivity (Wildman–Crippen MR) is 108 cm³/mol. The topological polar surface area (TPSA) is 48.5 Å². The molecule has 0 aromatic carbocycles. The Morgan fingerprint density at radius 3 is 2.09 bits per heavy atom. The van der Waals surface area contributed by atoms with Gasteiger partial charge in [-0.15, -0.1) is 37.2 Å². The van der Waals surface area contributed by atoms with Gasteiger partial charge in [-0.05, 0) is 51.6 Å². The smallest absolute Gasteiger partial charge is 0.117 e. The van der Waals surface area contributed by atoms with E-state index in [1.807, 2.05) is 0 Å². The number of amidine groups is 1. The molecule has 0 saturated carbocycles. The van der Waals surface area contributed by atoms with E-state index in [9.17, 15) is 0 Å². The van der Waals surface area contributed by atoms with E-state index in [0.717, 1.165) is 45.4 Å². The van der Waals surface area contributed by atoms with E-state index in [2.05, 4.69) is 50.6 Å². The van der Waals surface area contributed by atoms with Gasteiger partial charge < -0.3 is 16.0 Å². The van der Waals surface area contributed by atoms with Crippen molar-refractivity contribution in [1.82, 2.24) is 16.0 Å². The van der Waals surface area contributed by atoms with Crippen molar-refractivity contribution in [2.75, 3.05) is 26.2 Å². The molecule has 1 spiro atoms. The second-order valence-electron chi connectivity index (χ2n) is 8.24. The third-order valence-corrected chi connectivity index (χ3v) is 4.18. The number of hydrogen-bond donors (Lipinski definition) is 3. The van der Waals surface area contributed by atoms with Crippen molar-refractivity contribution >= 4 is 43.1 Å². The van der Waals surface area contributed by atoms with Gasteiger partial charge in [-0.2, -0.15) is 0 Å². The van der Waals surface area contributed by atoms with Crippen LogP contribution in [0.3, 0.4) is 0 Å². The van der Waals surface area contributed by atoms with Crippen molar-refractivity contribution in [1.29, 1.82) is 0 Å². The Labute approximate surface area is 160 Å². The standard InChI is InChI=1S/C16H32N4.3ClH/c1-14(2,3)12-15(4,5)20-13-16(19-11-10-18-13)6-8-17-9-7-16;;;/h17,19H,6-12H2,1-5H3,(H,18,20);3*1H. The van der Waals surface area contributed by atoms with Crippen LogP contribution >= 0.6 is 37.2 Å². The fourth-order valence-electron chi connectivity index (χ4n) is 3.81. The maximum Gasteiger partial charge on any atom is 0.117 e. The van der Waals surface area contributed by atoms with Crippen LogP contribution in [0.4, 0.5) is 0 Å². The molecule has 2 rings (SSSR count). The largest absolute Gasteiger partial charge is 0.367 e. The summed E-state index contributed by atoms with van der Waals surface area (Å²) in [5.74, 6) is 1.19. The first kappa shape index (κ1) is 25.5. The molecule has 0 atom stereocenters. The molecule has 23 heavy (non-hydrogen) atoms. The fourth-order valence-corrected chi connectivity index (χ4v) is 3.81. The summed E-state index contributed by atoms with van der Waals surface area (Å²) in [7, 11) is 0. The average molecular weight is 390 g/mol. The zero-order valence-electron chi connectivity index (χ0n) is 15.1. The van der Waals surface area contributed by atoms with Crippen molar-refractivity contribution < 1.29 is 0 Å². The molecule has 2 heterocycles. The lowest BCUT2D eigenvalue weighted by Crippen LogP contribution is -2.66. The number of hydrogen-bond acceptors (Lipinski definition) is 4. The molecule has 2 aliphatic rings. The molecule has 0 amide bonds. The minimum Gasteiger partial charge on any atom is -0.367 e. The minimum absolute atomic E-state index is 0. The molecule has 2 aliphatic heterocycles. The zero-order chi connectivity index (χ0) is 14.9. The number of nitrogens with zero attached hydrogens (tertiary/aromatic N) is 1. The van der Waals surface area contributed by atoms with Crippen molar-refractivity contribution in [3.8, 4) is 0 Å². The van der Waals surface area contributed by atoms with Crippen molar-refractivity contribution in [2.45, 2.75) is 65.0 Å². The molecule has 0 aromatic rings. The molecule has 4 nitrogen and oxygen atoms in total. The summed E-state index contributed by atoms with van der Waals surface area (Å²) in [5, 5.41) is 11.0. The number of piperidine rings is 1. The Bertz CT molecular complexity index is 372. The second-order valence-corrected chi connectivity index (χ2v) is 8.24. The SMILES string of the molecule is CC(C)(C)CC(C)(C)NC1=NCCNC12CCNCC2.Cl.Cl.Cl. The molecule has 7 heteroatoms. The van der Waals surface area contributed by atoms with E-state index in [-0.39, 0.29) is 48.3 Å². The average Bonchev–Trinajstić information content (AvgIpc) is 2.30. The fraction of sp³-hybridized carbons (Fsp3) is 0.938. The highest BCUT2D eigenvalue weighted by Crippen LogP contribution is 2.29. The van der Waals surface area contributed by atoms with Gasteiger partial charge in [0.15, 0.2) is 0 Å². The number of halogens is 3. The molecule has 0 unspecified atom stereocenters. The number of rotatable bonds is 2. The Balaban J connectivity index is 0. The molecular weight excluding hydrogens is 355 g/mol. The van der Waals surface area contributed by atoms with Crippen molar-refractivity contribution in [3.05, 3.63) is 0 Å². The van der Waals surface area contributed by atoms with Crippen molar-refractivity contribution in [3.63, 3.8) is 0 Å². The third-order valence-electron chi connectivity index (χ3n) is 4.18. The van der Waals surface area contributed by atoms with E-state index in [1.165, 1.54) is 5.84 Å². The Morgan fingerprint density at radius 1 is 1.00 bits per heavy atom. The van der Waals surface area contributed by atoms with Gasteiger partial charge in [-0.1, -0.05) is 20.8 Å². The van der Waals surface area contributed by atoms with Gasteiger partial charge in [0.25, 0.3) is 0 Å². The zero-order valence-corrected chi connectivity index (χ0v) is 17.6. The van der Waals surface area contributed by atoms with Gasteiger partial charge in [0.05, 0.1) is 12.1 Å². The highest BCUT2D eigenvalue weighted by atomic mass is 35.5. The lowest BCUT2D eigenvalue weighted by molar-refractivity contribution is 0.250. The van der Waals surface area contributed by atoms with Crippen LogP contribution in [0.2, 0.25) is 0 Å². The van der Waals surface area contributed by atoms with Gasteiger partial charge in [0, 0.05) is 12.1 Å². The molecule has 0 bridgehead atoms. The molecule has 0 radical (unpaired) electrons. The summed E-state index contributed by atoms with van der Waals surface area (Å²) in [6.07, 6.45) is 3.39. The van der Waals surface area contributed by atoms with Gasteiger partial charge in [-0.3, -0.25) is 4.99 Å². The highest BCUT2D eigenvalue weighted by Gasteiger charge is 2.40. The monoisotopic (exact) mass is 388 g/mol. The van der Waals surface area contributed by atoms with Crippen LogP contribution in [0.25, 0.3) is 0 Å². The lowest BCUT2D eigenvalue weighted by atomic mass is 9.80. The predicted octanol–water partition coefficient (Wildman–Crippen LogP) is 3.18. The first-order chi connectivity index (χ1) is 9.23. The minimum atomic E-state index is 0. The van der Waals surface area contributed by atoms with E-state index in [1.54, 1.807) is 0 Å². The van der Waals surface area contributed by atoms with Crippen LogP contribution < -0.4 is 16.0 Å². The van der Waals surface area contributed by atoms with Crippen LogP contribution in [0, 0.1) is 5.41 Å². The van der Waals surface area contributed by atoms with E-state index in [0.29, 0.717) is 5.41 Å². The lowest BCUT2D eigenvalue weighted by Gasteiger charge is -2.45. The molecule has 3 N–H and O–H groups in total. The summed E-state index contributed by atoms with van der Waals surface area (Å²) in [5.41, 5.74) is 0.479. The maximum absolute atomic E-state index is 4.84. The molecular formula is C16H35Cl3N4. The summed E-state index contributed by atoms with van der Waals surface area (Å²) < 4.78 is 0. The summed E-state index contributed by atoms with van der Waals surface area (Å²) in [6.45, 7) is 15.6. The van der Waals surface area contributed by atoms with Gasteiger partial charge in [0.1, 0.15) is 5.84 Å². The molecule has 0 aromatic heterocycles. The number of aliphatic imine (C=N–C) groups is 1. The third kappa shape index (κ3) is 7.35. The van der Waals surface area contributed by atoms with Crippen LogP contribution in [0.1, 0.15) is 53.9 Å². The van der Waals surface area contributed by atoms with Gasteiger partial charge >= 0.3 is 0 Å². The van der Waals surface area contributed by atoms with Crippen molar-refractivity contribution in [2.24, 2.45) is 10.4 Å². The van der Waals surface area contributed by atoms with E-state index < -0.39 is 0 Å². The second kappa shape index (κ2) is 9.67. The van der Waals surface area contributed by atoms with Gasteiger partial charge in [-0.25, -0.2) is 0 Å². The van der Waals surface area contributed by atoms with Gasteiger partial charge in [0.2, 0.25) is 0 Å². The van der Waals surface area contributed by atoms with Crippen LogP contribution in [0.15, 0.2) is 4.99 Å². The highest BCUT2D eigenvalue weighted by molar-refractivity contribution is 5.93. The Hall–Kier alpha value is 0.260. The molecule has 140 valence electrons. The Morgan fingerprint density at radius 2 is 1.57 bits per heavy atom.